The van der Waals surface area contributed by atoms with E-state index in [4.69, 9.17) is 5.11 Å². The smallest absolute Gasteiger partial charge is 0.335 e. The van der Waals surface area contributed by atoms with E-state index < -0.39 is 33.3 Å². The average Bonchev–Trinajstić information content (AvgIpc) is 2.40. The van der Waals surface area contributed by atoms with Gasteiger partial charge in [0.25, 0.3) is 0 Å². The maximum atomic E-state index is 13.5. The van der Waals surface area contributed by atoms with Gasteiger partial charge in [-0.15, -0.1) is 0 Å². The highest BCUT2D eigenvalue weighted by Gasteiger charge is 2.18. The van der Waals surface area contributed by atoms with Crippen molar-refractivity contribution in [1.82, 2.24) is 0 Å². The number of anilines is 1. The lowest BCUT2D eigenvalue weighted by Crippen LogP contribution is -2.25. The summed E-state index contributed by atoms with van der Waals surface area (Å²) in [6.07, 6.45) is 2.07. The number of benzene rings is 1. The van der Waals surface area contributed by atoms with Crippen molar-refractivity contribution in [2.24, 2.45) is 0 Å². The van der Waals surface area contributed by atoms with E-state index in [1.807, 2.05) is 6.92 Å². The first-order chi connectivity index (χ1) is 10.2. The molecule has 1 rings (SSSR count). The van der Waals surface area contributed by atoms with Crippen LogP contribution in [0.4, 0.5) is 10.1 Å². The number of carbonyl (C=O) groups is 2. The van der Waals surface area contributed by atoms with Gasteiger partial charge in [-0.05, 0) is 24.6 Å². The van der Waals surface area contributed by atoms with Crippen molar-refractivity contribution >= 4 is 27.4 Å². The van der Waals surface area contributed by atoms with Gasteiger partial charge in [0.15, 0.2) is 9.84 Å². The van der Waals surface area contributed by atoms with Crippen LogP contribution in [0.5, 0.6) is 0 Å². The molecule has 1 aromatic rings. The minimum Gasteiger partial charge on any atom is -0.478 e. The number of sulfone groups is 1. The molecule has 0 heterocycles. The minimum absolute atomic E-state index is 0.105. The monoisotopic (exact) mass is 331 g/mol. The molecule has 1 aromatic carbocycles. The molecule has 0 saturated heterocycles. The van der Waals surface area contributed by atoms with Crippen LogP contribution in [0.25, 0.3) is 0 Å². The van der Waals surface area contributed by atoms with Gasteiger partial charge in [-0.3, -0.25) is 4.79 Å². The predicted octanol–water partition coefficient (Wildman–Crippen LogP) is 2.07. The summed E-state index contributed by atoms with van der Waals surface area (Å²) in [5.74, 6) is -3.86. The highest BCUT2D eigenvalue weighted by atomic mass is 32.2. The van der Waals surface area contributed by atoms with Gasteiger partial charge in [0.1, 0.15) is 11.6 Å². The molecule has 0 aliphatic heterocycles. The van der Waals surface area contributed by atoms with Gasteiger partial charge < -0.3 is 10.4 Å². The number of hydrogen-bond acceptors (Lipinski definition) is 4. The summed E-state index contributed by atoms with van der Waals surface area (Å²) in [5.41, 5.74) is -0.559. The van der Waals surface area contributed by atoms with Crippen molar-refractivity contribution in [3.63, 3.8) is 0 Å². The molecule has 0 unspecified atom stereocenters. The molecule has 0 aromatic heterocycles. The first kappa shape index (κ1) is 18.1. The molecular formula is C14H18FNO5S. The largest absolute Gasteiger partial charge is 0.478 e. The molecule has 22 heavy (non-hydrogen) atoms. The van der Waals surface area contributed by atoms with E-state index in [9.17, 15) is 22.4 Å². The highest BCUT2D eigenvalue weighted by molar-refractivity contribution is 7.92. The molecule has 122 valence electrons. The van der Waals surface area contributed by atoms with Crippen LogP contribution in [0.15, 0.2) is 18.2 Å². The van der Waals surface area contributed by atoms with Crippen LogP contribution >= 0.6 is 0 Å². The minimum atomic E-state index is -3.56. The number of carboxylic acids is 1. The third-order valence-electron chi connectivity index (χ3n) is 2.90. The molecule has 0 fully saturated rings. The fourth-order valence-corrected chi connectivity index (χ4v) is 3.04. The SMILES string of the molecule is CCCCCS(=O)(=O)CC(=O)Nc1cc(C(=O)O)ccc1F. The predicted molar refractivity (Wildman–Crippen MR) is 80.2 cm³/mol. The Morgan fingerprint density at radius 2 is 1.95 bits per heavy atom. The van der Waals surface area contributed by atoms with Gasteiger partial charge in [0, 0.05) is 0 Å². The van der Waals surface area contributed by atoms with Crippen molar-refractivity contribution in [3.05, 3.63) is 29.6 Å². The Hall–Kier alpha value is -1.96. The van der Waals surface area contributed by atoms with Crippen LogP contribution in [0.3, 0.4) is 0 Å². The Kier molecular flexibility index (Phi) is 6.48. The van der Waals surface area contributed by atoms with Crippen molar-refractivity contribution in [2.45, 2.75) is 26.2 Å². The van der Waals surface area contributed by atoms with E-state index in [1.54, 1.807) is 0 Å². The molecule has 0 aliphatic carbocycles. The van der Waals surface area contributed by atoms with Gasteiger partial charge in [0.2, 0.25) is 5.91 Å². The fourth-order valence-electron chi connectivity index (χ4n) is 1.78. The zero-order valence-electron chi connectivity index (χ0n) is 12.1. The van der Waals surface area contributed by atoms with E-state index in [0.29, 0.717) is 6.42 Å². The van der Waals surface area contributed by atoms with Crippen LogP contribution in [-0.4, -0.2) is 36.9 Å². The molecule has 0 aliphatic rings. The summed E-state index contributed by atoms with van der Waals surface area (Å²) >= 11 is 0. The van der Waals surface area contributed by atoms with Crippen LogP contribution < -0.4 is 5.32 Å². The number of carbonyl (C=O) groups excluding carboxylic acids is 1. The maximum Gasteiger partial charge on any atom is 0.335 e. The molecule has 0 spiro atoms. The van der Waals surface area contributed by atoms with Gasteiger partial charge >= 0.3 is 5.97 Å². The summed E-state index contributed by atoms with van der Waals surface area (Å²) in [6, 6.07) is 2.89. The van der Waals surface area contributed by atoms with Crippen LogP contribution in [0, 0.1) is 5.82 Å². The Balaban J connectivity index is 2.73. The van der Waals surface area contributed by atoms with E-state index >= 15 is 0 Å². The third-order valence-corrected chi connectivity index (χ3v) is 4.51. The molecule has 0 atom stereocenters. The fraction of sp³-hybridized carbons (Fsp3) is 0.429. The maximum absolute atomic E-state index is 13.5. The molecule has 0 bridgehead atoms. The summed E-state index contributed by atoms with van der Waals surface area (Å²) in [6.45, 7) is 1.93. The average molecular weight is 331 g/mol. The summed E-state index contributed by atoms with van der Waals surface area (Å²) in [7, 11) is -3.56. The van der Waals surface area contributed by atoms with Gasteiger partial charge in [-0.25, -0.2) is 17.6 Å². The first-order valence-electron chi connectivity index (χ1n) is 6.78. The quantitative estimate of drug-likeness (QED) is 0.710. The van der Waals surface area contributed by atoms with Crippen molar-refractivity contribution < 1.29 is 27.5 Å². The van der Waals surface area contributed by atoms with Gasteiger partial charge in [0.05, 0.1) is 17.0 Å². The topological polar surface area (TPSA) is 101 Å². The van der Waals surface area contributed by atoms with Crippen molar-refractivity contribution in [1.29, 1.82) is 0 Å². The number of carboxylic acid groups (broad SMARTS) is 1. The molecule has 2 N–H and O–H groups in total. The third kappa shape index (κ3) is 5.80. The van der Waals surface area contributed by atoms with Crippen LogP contribution in [-0.2, 0) is 14.6 Å². The molecule has 0 saturated carbocycles. The Morgan fingerprint density at radius 3 is 2.55 bits per heavy atom. The van der Waals surface area contributed by atoms with E-state index in [2.05, 4.69) is 5.32 Å². The van der Waals surface area contributed by atoms with Gasteiger partial charge in [-0.1, -0.05) is 19.8 Å². The standard InChI is InChI=1S/C14H18FNO5S/c1-2-3-4-7-22(20,21)9-13(17)16-12-8-10(14(18)19)5-6-11(12)15/h5-6,8H,2-4,7,9H2,1H3,(H,16,17)(H,18,19). The number of aromatic carboxylic acids is 1. The number of rotatable bonds is 8. The van der Waals surface area contributed by atoms with Crippen molar-refractivity contribution in [3.8, 4) is 0 Å². The van der Waals surface area contributed by atoms with E-state index in [1.165, 1.54) is 0 Å². The molecule has 1 amide bonds. The second-order valence-corrected chi connectivity index (χ2v) is 7.03. The molecule has 6 nitrogen and oxygen atoms in total. The zero-order chi connectivity index (χ0) is 16.8. The highest BCUT2D eigenvalue weighted by Crippen LogP contribution is 2.16. The van der Waals surface area contributed by atoms with Gasteiger partial charge in [-0.2, -0.15) is 0 Å². The van der Waals surface area contributed by atoms with Crippen molar-refractivity contribution in [2.75, 3.05) is 16.8 Å². The summed E-state index contributed by atoms with van der Waals surface area (Å²) in [4.78, 5) is 22.5. The first-order valence-corrected chi connectivity index (χ1v) is 8.60. The summed E-state index contributed by atoms with van der Waals surface area (Å²) < 4.78 is 37.0. The molecule has 8 heteroatoms. The Bertz CT molecular complexity index is 657. The lowest BCUT2D eigenvalue weighted by Gasteiger charge is -2.08. The Morgan fingerprint density at radius 1 is 1.27 bits per heavy atom. The second-order valence-electron chi connectivity index (χ2n) is 4.85. The van der Waals surface area contributed by atoms with Crippen LogP contribution in [0.2, 0.25) is 0 Å². The molecular weight excluding hydrogens is 313 g/mol. The lowest BCUT2D eigenvalue weighted by atomic mass is 10.2. The Labute approximate surface area is 128 Å². The second kappa shape index (κ2) is 7.88. The number of halogens is 1. The zero-order valence-corrected chi connectivity index (χ0v) is 13.0. The molecule has 0 radical (unpaired) electrons. The van der Waals surface area contributed by atoms with Crippen LogP contribution in [0.1, 0.15) is 36.5 Å². The van der Waals surface area contributed by atoms with E-state index in [-0.39, 0.29) is 17.0 Å². The lowest BCUT2D eigenvalue weighted by molar-refractivity contribution is -0.113. The number of amides is 1. The number of unbranched alkanes of at least 4 members (excludes halogenated alkanes) is 2. The number of nitrogens with one attached hydrogen (secondary N) is 1. The summed E-state index contributed by atoms with van der Waals surface area (Å²) in [5, 5.41) is 10.9. The number of hydrogen-bond donors (Lipinski definition) is 2. The van der Waals surface area contributed by atoms with E-state index in [0.717, 1.165) is 31.0 Å². The normalized spacial score (nSPS) is 11.2.